The SMILES string of the molecule is CC.CC1=CC=CCS1.Cc1ccco1.NO. The van der Waals surface area contributed by atoms with Crippen LogP contribution < -0.4 is 5.90 Å². The van der Waals surface area contributed by atoms with E-state index in [-0.39, 0.29) is 0 Å². The van der Waals surface area contributed by atoms with E-state index >= 15 is 0 Å². The highest BCUT2D eigenvalue weighted by atomic mass is 32.2. The molecule has 2 rings (SSSR count). The van der Waals surface area contributed by atoms with Crippen molar-refractivity contribution in [1.29, 1.82) is 0 Å². The number of rotatable bonds is 0. The Hall–Kier alpha value is -0.970. The van der Waals surface area contributed by atoms with Gasteiger partial charge in [-0.05, 0) is 30.9 Å². The van der Waals surface area contributed by atoms with Gasteiger partial charge in [-0.3, -0.25) is 0 Å². The Bertz CT molecular complexity index is 292. The van der Waals surface area contributed by atoms with E-state index in [1.54, 1.807) is 6.26 Å². The molecule has 0 saturated carbocycles. The molecule has 0 amide bonds. The molecule has 3 nitrogen and oxygen atoms in total. The van der Waals surface area contributed by atoms with E-state index in [9.17, 15) is 0 Å². The Kier molecular flexibility index (Phi) is 16.3. The van der Waals surface area contributed by atoms with Crippen LogP contribution in [0.2, 0.25) is 0 Å². The molecule has 2 heterocycles. The van der Waals surface area contributed by atoms with E-state index < -0.39 is 0 Å². The zero-order chi connectivity index (χ0) is 13.5. The lowest BCUT2D eigenvalue weighted by Crippen LogP contribution is -1.76. The van der Waals surface area contributed by atoms with Gasteiger partial charge in [0.2, 0.25) is 0 Å². The fourth-order valence-corrected chi connectivity index (χ4v) is 1.49. The van der Waals surface area contributed by atoms with Crippen LogP contribution in [0.1, 0.15) is 26.5 Å². The molecule has 3 N–H and O–H groups in total. The maximum absolute atomic E-state index is 6.50. The van der Waals surface area contributed by atoms with Gasteiger partial charge in [0.05, 0.1) is 6.26 Å². The molecule has 1 aliphatic rings. The van der Waals surface area contributed by atoms with Gasteiger partial charge in [0.15, 0.2) is 0 Å². The highest BCUT2D eigenvalue weighted by molar-refractivity contribution is 8.03. The normalized spacial score (nSPS) is 11.8. The van der Waals surface area contributed by atoms with E-state index in [0.29, 0.717) is 0 Å². The van der Waals surface area contributed by atoms with Crippen molar-refractivity contribution in [2.24, 2.45) is 5.90 Å². The van der Waals surface area contributed by atoms with Gasteiger partial charge in [-0.15, -0.1) is 11.8 Å². The predicted octanol–water partition coefficient (Wildman–Crippen LogP) is 4.14. The third-order valence-electron chi connectivity index (χ3n) is 1.54. The summed E-state index contributed by atoms with van der Waals surface area (Å²) in [5.74, 6) is 5.62. The zero-order valence-corrected chi connectivity index (χ0v) is 11.8. The Morgan fingerprint density at radius 2 is 1.94 bits per heavy atom. The molecule has 1 aromatic heterocycles. The van der Waals surface area contributed by atoms with Crippen molar-refractivity contribution in [3.63, 3.8) is 0 Å². The topological polar surface area (TPSA) is 59.4 Å². The minimum Gasteiger partial charge on any atom is -0.470 e. The van der Waals surface area contributed by atoms with Crippen molar-refractivity contribution < 1.29 is 9.62 Å². The summed E-state index contributed by atoms with van der Waals surface area (Å²) in [6, 6.07) is 3.79. The van der Waals surface area contributed by atoms with Crippen molar-refractivity contribution in [2.75, 3.05) is 5.75 Å². The second kappa shape index (κ2) is 15.0. The summed E-state index contributed by atoms with van der Waals surface area (Å²) in [6.45, 7) is 8.05. The van der Waals surface area contributed by atoms with Crippen molar-refractivity contribution in [3.8, 4) is 0 Å². The molecule has 17 heavy (non-hydrogen) atoms. The van der Waals surface area contributed by atoms with Gasteiger partial charge in [0, 0.05) is 5.75 Å². The number of nitrogens with two attached hydrogens (primary N) is 1. The van der Waals surface area contributed by atoms with E-state index in [0.717, 1.165) is 11.5 Å². The minimum absolute atomic E-state index is 0.968. The van der Waals surface area contributed by atoms with Crippen molar-refractivity contribution in [1.82, 2.24) is 0 Å². The summed E-state index contributed by atoms with van der Waals surface area (Å²) < 4.78 is 4.83. The highest BCUT2D eigenvalue weighted by Crippen LogP contribution is 2.17. The summed E-state index contributed by atoms with van der Waals surface area (Å²) >= 11 is 1.89. The van der Waals surface area contributed by atoms with E-state index in [2.05, 4.69) is 31.0 Å². The molecule has 0 spiro atoms. The molecule has 0 bridgehead atoms. The molecular formula is C13H23NO2S. The molecule has 98 valence electrons. The number of thioether (sulfide) groups is 1. The maximum atomic E-state index is 6.50. The van der Waals surface area contributed by atoms with Gasteiger partial charge in [0.1, 0.15) is 5.76 Å². The van der Waals surface area contributed by atoms with Gasteiger partial charge in [0.25, 0.3) is 0 Å². The van der Waals surface area contributed by atoms with Crippen LogP contribution in [0.3, 0.4) is 0 Å². The smallest absolute Gasteiger partial charge is 0.100 e. The summed E-state index contributed by atoms with van der Waals surface area (Å²) in [5, 5.41) is 6.50. The first-order valence-electron chi connectivity index (χ1n) is 5.51. The second-order valence-electron chi connectivity index (χ2n) is 2.74. The van der Waals surface area contributed by atoms with E-state index in [4.69, 9.17) is 9.62 Å². The van der Waals surface area contributed by atoms with Crippen LogP contribution in [0.25, 0.3) is 0 Å². The monoisotopic (exact) mass is 257 g/mol. The second-order valence-corrected chi connectivity index (χ2v) is 4.01. The number of hydrogen-bond donors (Lipinski definition) is 2. The first-order valence-corrected chi connectivity index (χ1v) is 6.50. The highest BCUT2D eigenvalue weighted by Gasteiger charge is 1.88. The molecule has 0 atom stereocenters. The van der Waals surface area contributed by atoms with Crippen LogP contribution in [0.15, 0.2) is 45.9 Å². The predicted molar refractivity (Wildman–Crippen MR) is 76.1 cm³/mol. The van der Waals surface area contributed by atoms with Gasteiger partial charge in [-0.1, -0.05) is 32.1 Å². The number of aryl methyl sites for hydroxylation is 1. The van der Waals surface area contributed by atoms with Crippen LogP contribution in [0.5, 0.6) is 0 Å². The standard InChI is InChI=1S/C6H8S.C5H6O.C2H6.H3NO/c1-6-4-2-3-5-7-6;1-5-3-2-4-6-5;2*1-2/h2-4H,5H2,1H3;2-4H,1H3;1-2H3;2H,1H2. The number of furan rings is 1. The Labute approximate surface area is 108 Å². The fraction of sp³-hybridized carbons (Fsp3) is 0.385. The molecule has 1 aromatic rings. The molecule has 0 fully saturated rings. The van der Waals surface area contributed by atoms with Gasteiger partial charge in [-0.2, -0.15) is 0 Å². The molecule has 0 aromatic carbocycles. The van der Waals surface area contributed by atoms with Crippen molar-refractivity contribution in [3.05, 3.63) is 47.3 Å². The number of allylic oxidation sites excluding steroid dienone is 3. The van der Waals surface area contributed by atoms with Gasteiger partial charge in [-0.25, -0.2) is 5.90 Å². The molecule has 0 radical (unpaired) electrons. The minimum atomic E-state index is 0.968. The summed E-state index contributed by atoms with van der Waals surface area (Å²) in [7, 11) is 0. The quantitative estimate of drug-likeness (QED) is 0.686. The third kappa shape index (κ3) is 13.0. The Morgan fingerprint density at radius 1 is 1.29 bits per heavy atom. The Morgan fingerprint density at radius 3 is 2.12 bits per heavy atom. The molecular weight excluding hydrogens is 234 g/mol. The van der Waals surface area contributed by atoms with Crippen molar-refractivity contribution in [2.45, 2.75) is 27.7 Å². The van der Waals surface area contributed by atoms with Crippen molar-refractivity contribution >= 4 is 11.8 Å². The summed E-state index contributed by atoms with van der Waals surface area (Å²) in [6.07, 6.45) is 8.06. The number of hydrogen-bond acceptors (Lipinski definition) is 4. The maximum Gasteiger partial charge on any atom is 0.100 e. The lowest BCUT2D eigenvalue weighted by atomic mass is 10.4. The molecule has 0 unspecified atom stereocenters. The molecule has 0 aliphatic carbocycles. The lowest BCUT2D eigenvalue weighted by molar-refractivity contribution is 0.311. The average molecular weight is 257 g/mol. The Balaban J connectivity index is 0. The lowest BCUT2D eigenvalue weighted by Gasteiger charge is -1.98. The molecule has 4 heteroatoms. The van der Waals surface area contributed by atoms with Gasteiger partial charge < -0.3 is 9.62 Å². The average Bonchev–Trinajstić information content (AvgIpc) is 2.87. The van der Waals surface area contributed by atoms with E-state index in [1.165, 1.54) is 4.91 Å². The van der Waals surface area contributed by atoms with Crippen LogP contribution in [-0.2, 0) is 0 Å². The largest absolute Gasteiger partial charge is 0.470 e. The van der Waals surface area contributed by atoms with Crippen LogP contribution in [-0.4, -0.2) is 11.0 Å². The summed E-state index contributed by atoms with van der Waals surface area (Å²) in [4.78, 5) is 1.42. The van der Waals surface area contributed by atoms with Gasteiger partial charge >= 0.3 is 0 Å². The van der Waals surface area contributed by atoms with Crippen LogP contribution >= 0.6 is 11.8 Å². The van der Waals surface area contributed by atoms with Crippen LogP contribution in [0.4, 0.5) is 0 Å². The zero-order valence-electron chi connectivity index (χ0n) is 11.0. The van der Waals surface area contributed by atoms with Crippen LogP contribution in [0, 0.1) is 6.92 Å². The fourth-order valence-electron chi connectivity index (χ4n) is 0.847. The summed E-state index contributed by atoms with van der Waals surface area (Å²) in [5.41, 5.74) is 0. The molecule has 1 aliphatic heterocycles. The third-order valence-corrected chi connectivity index (χ3v) is 2.49. The first kappa shape index (κ1) is 18.4. The first-order chi connectivity index (χ1) is 8.29. The van der Waals surface area contributed by atoms with E-state index in [1.807, 2.05) is 44.7 Å². The molecule has 0 saturated heterocycles.